The zero-order chi connectivity index (χ0) is 19.4. The van der Waals surface area contributed by atoms with Crippen LogP contribution in [0.25, 0.3) is 11.3 Å². The number of hydrogen-bond donors (Lipinski definition) is 1. The van der Waals surface area contributed by atoms with Crippen molar-refractivity contribution in [1.29, 1.82) is 0 Å². The van der Waals surface area contributed by atoms with Crippen LogP contribution in [0.2, 0.25) is 5.02 Å². The molecule has 0 aliphatic carbocycles. The summed E-state index contributed by atoms with van der Waals surface area (Å²) in [6.07, 6.45) is 0.743. The minimum absolute atomic E-state index is 0.00821. The molecular formula is C22H20ClNO3. The number of ketones is 1. The Labute approximate surface area is 163 Å². The molecule has 0 fully saturated rings. The molecule has 3 rings (SSSR count). The second-order valence-electron chi connectivity index (χ2n) is 6.28. The van der Waals surface area contributed by atoms with E-state index in [2.05, 4.69) is 5.32 Å². The van der Waals surface area contributed by atoms with Crippen molar-refractivity contribution in [3.05, 3.63) is 82.6 Å². The Bertz CT molecular complexity index is 942. The number of carbonyl (C=O) groups is 2. The zero-order valence-corrected chi connectivity index (χ0v) is 15.9. The molecule has 1 unspecified atom stereocenters. The van der Waals surface area contributed by atoms with Gasteiger partial charge in [0.2, 0.25) is 0 Å². The fourth-order valence-electron chi connectivity index (χ4n) is 2.83. The van der Waals surface area contributed by atoms with E-state index in [1.54, 1.807) is 48.5 Å². The number of halogens is 1. The van der Waals surface area contributed by atoms with Gasteiger partial charge in [0, 0.05) is 16.1 Å². The summed E-state index contributed by atoms with van der Waals surface area (Å²) in [6.45, 7) is 3.53. The monoisotopic (exact) mass is 381 g/mol. The molecule has 0 aliphatic heterocycles. The van der Waals surface area contributed by atoms with Crippen molar-refractivity contribution in [2.75, 3.05) is 0 Å². The van der Waals surface area contributed by atoms with Crippen molar-refractivity contribution in [3.8, 4) is 11.3 Å². The molecule has 4 nitrogen and oxygen atoms in total. The molecule has 1 aromatic heterocycles. The highest BCUT2D eigenvalue weighted by Crippen LogP contribution is 2.24. The standard InChI is InChI=1S/C22H20ClNO3/c1-3-19(16-8-10-18(23)11-9-16)24-22(26)21-13-12-20(27-21)17-6-4-15(5-7-17)14(2)25/h4-13,19H,3H2,1-2H3,(H,24,26). The summed E-state index contributed by atoms with van der Waals surface area (Å²) >= 11 is 5.93. The molecule has 0 aliphatic rings. The van der Waals surface area contributed by atoms with E-state index in [4.69, 9.17) is 16.0 Å². The van der Waals surface area contributed by atoms with Gasteiger partial charge in [0.1, 0.15) is 5.76 Å². The molecule has 27 heavy (non-hydrogen) atoms. The first-order valence-corrected chi connectivity index (χ1v) is 9.13. The lowest BCUT2D eigenvalue weighted by Gasteiger charge is -2.16. The molecule has 5 heteroatoms. The van der Waals surface area contributed by atoms with E-state index in [0.29, 0.717) is 16.3 Å². The first kappa shape index (κ1) is 18.9. The van der Waals surface area contributed by atoms with Crippen LogP contribution in [0.5, 0.6) is 0 Å². The van der Waals surface area contributed by atoms with E-state index in [1.807, 2.05) is 19.1 Å². The highest BCUT2D eigenvalue weighted by atomic mass is 35.5. The van der Waals surface area contributed by atoms with Gasteiger partial charge in [0.25, 0.3) is 5.91 Å². The predicted octanol–water partition coefficient (Wildman–Crippen LogP) is 5.68. The summed E-state index contributed by atoms with van der Waals surface area (Å²) in [5.41, 5.74) is 2.43. The van der Waals surface area contributed by atoms with Gasteiger partial charge in [0.05, 0.1) is 6.04 Å². The van der Waals surface area contributed by atoms with Crippen LogP contribution < -0.4 is 5.32 Å². The van der Waals surface area contributed by atoms with E-state index in [-0.39, 0.29) is 23.5 Å². The molecule has 1 N–H and O–H groups in total. The molecule has 0 bridgehead atoms. The largest absolute Gasteiger partial charge is 0.451 e. The first-order chi connectivity index (χ1) is 13.0. The van der Waals surface area contributed by atoms with Gasteiger partial charge in [-0.2, -0.15) is 0 Å². The quantitative estimate of drug-likeness (QED) is 0.558. The number of benzene rings is 2. The van der Waals surface area contributed by atoms with Crippen LogP contribution in [0.3, 0.4) is 0 Å². The van der Waals surface area contributed by atoms with Gasteiger partial charge in [0.15, 0.2) is 11.5 Å². The lowest BCUT2D eigenvalue weighted by atomic mass is 10.0. The normalized spacial score (nSPS) is 11.8. The Balaban J connectivity index is 1.74. The Kier molecular flexibility index (Phi) is 5.77. The molecule has 1 heterocycles. The van der Waals surface area contributed by atoms with Crippen LogP contribution in [0.15, 0.2) is 65.1 Å². The Morgan fingerprint density at radius 2 is 1.67 bits per heavy atom. The molecule has 0 spiro atoms. The lowest BCUT2D eigenvalue weighted by Crippen LogP contribution is -2.27. The third-order valence-corrected chi connectivity index (χ3v) is 4.64. The van der Waals surface area contributed by atoms with Crippen LogP contribution in [-0.2, 0) is 0 Å². The molecule has 0 radical (unpaired) electrons. The summed E-state index contributed by atoms with van der Waals surface area (Å²) in [5, 5.41) is 3.65. The third-order valence-electron chi connectivity index (χ3n) is 4.39. The highest BCUT2D eigenvalue weighted by Gasteiger charge is 2.17. The summed E-state index contributed by atoms with van der Waals surface area (Å²) in [5.74, 6) is 0.556. The number of amides is 1. The molecule has 1 atom stereocenters. The molecule has 0 saturated heterocycles. The zero-order valence-electron chi connectivity index (χ0n) is 15.2. The summed E-state index contributed by atoms with van der Waals surface area (Å²) in [6, 6.07) is 17.8. The fraction of sp³-hybridized carbons (Fsp3) is 0.182. The van der Waals surface area contributed by atoms with Crippen molar-refractivity contribution in [2.24, 2.45) is 0 Å². The van der Waals surface area contributed by atoms with E-state index in [1.165, 1.54) is 6.92 Å². The van der Waals surface area contributed by atoms with Crippen molar-refractivity contribution in [2.45, 2.75) is 26.3 Å². The predicted molar refractivity (Wildman–Crippen MR) is 106 cm³/mol. The second kappa shape index (κ2) is 8.23. The van der Waals surface area contributed by atoms with Crippen molar-refractivity contribution in [1.82, 2.24) is 5.32 Å². The van der Waals surface area contributed by atoms with Crippen LogP contribution in [0, 0.1) is 0 Å². The smallest absolute Gasteiger partial charge is 0.287 e. The summed E-state index contributed by atoms with van der Waals surface area (Å²) in [4.78, 5) is 23.9. The van der Waals surface area contributed by atoms with Crippen molar-refractivity contribution < 1.29 is 14.0 Å². The lowest BCUT2D eigenvalue weighted by molar-refractivity contribution is 0.0908. The Hall–Kier alpha value is -2.85. The maximum absolute atomic E-state index is 12.6. The topological polar surface area (TPSA) is 59.3 Å². The molecule has 138 valence electrons. The number of nitrogens with one attached hydrogen (secondary N) is 1. The van der Waals surface area contributed by atoms with Crippen LogP contribution in [0.4, 0.5) is 0 Å². The number of carbonyl (C=O) groups excluding carboxylic acids is 2. The van der Waals surface area contributed by atoms with Gasteiger partial charge in [-0.05, 0) is 43.2 Å². The highest BCUT2D eigenvalue weighted by molar-refractivity contribution is 6.30. The average Bonchev–Trinajstić information content (AvgIpc) is 3.17. The molecule has 0 saturated carbocycles. The van der Waals surface area contributed by atoms with E-state index < -0.39 is 0 Å². The number of rotatable bonds is 6. The van der Waals surface area contributed by atoms with Gasteiger partial charge in [-0.3, -0.25) is 9.59 Å². The number of furan rings is 1. The minimum atomic E-state index is -0.275. The molecule has 3 aromatic rings. The van der Waals surface area contributed by atoms with Gasteiger partial charge >= 0.3 is 0 Å². The van der Waals surface area contributed by atoms with Crippen molar-refractivity contribution in [3.63, 3.8) is 0 Å². The third kappa shape index (κ3) is 4.47. The Morgan fingerprint density at radius 1 is 1.00 bits per heavy atom. The molecule has 1 amide bonds. The fourth-order valence-corrected chi connectivity index (χ4v) is 2.96. The number of hydrogen-bond acceptors (Lipinski definition) is 3. The van der Waals surface area contributed by atoms with E-state index in [0.717, 1.165) is 17.5 Å². The van der Waals surface area contributed by atoms with Gasteiger partial charge < -0.3 is 9.73 Å². The van der Waals surface area contributed by atoms with Gasteiger partial charge in [-0.1, -0.05) is 54.9 Å². The van der Waals surface area contributed by atoms with Crippen LogP contribution in [0.1, 0.15) is 52.8 Å². The summed E-state index contributed by atoms with van der Waals surface area (Å²) in [7, 11) is 0. The second-order valence-corrected chi connectivity index (χ2v) is 6.72. The average molecular weight is 382 g/mol. The van der Waals surface area contributed by atoms with E-state index >= 15 is 0 Å². The maximum Gasteiger partial charge on any atom is 0.287 e. The molecular weight excluding hydrogens is 362 g/mol. The Morgan fingerprint density at radius 3 is 2.26 bits per heavy atom. The minimum Gasteiger partial charge on any atom is -0.451 e. The van der Waals surface area contributed by atoms with Crippen molar-refractivity contribution >= 4 is 23.3 Å². The first-order valence-electron chi connectivity index (χ1n) is 8.75. The van der Waals surface area contributed by atoms with Crippen LogP contribution in [-0.4, -0.2) is 11.7 Å². The van der Waals surface area contributed by atoms with Gasteiger partial charge in [-0.15, -0.1) is 0 Å². The maximum atomic E-state index is 12.6. The SMILES string of the molecule is CCC(NC(=O)c1ccc(-c2ccc(C(C)=O)cc2)o1)c1ccc(Cl)cc1. The van der Waals surface area contributed by atoms with Crippen LogP contribution >= 0.6 is 11.6 Å². The molecule has 2 aromatic carbocycles. The summed E-state index contributed by atoms with van der Waals surface area (Å²) < 4.78 is 5.71. The van der Waals surface area contributed by atoms with E-state index in [9.17, 15) is 9.59 Å². The number of Topliss-reactive ketones (excluding diaryl/α,β-unsaturated/α-hetero) is 1. The van der Waals surface area contributed by atoms with Gasteiger partial charge in [-0.25, -0.2) is 0 Å².